The molecule has 0 bridgehead atoms. The van der Waals surface area contributed by atoms with Crippen molar-refractivity contribution in [1.82, 2.24) is 14.6 Å². The Bertz CT molecular complexity index is 616. The van der Waals surface area contributed by atoms with Crippen LogP contribution in [-0.4, -0.2) is 40.6 Å². The molecule has 1 saturated heterocycles. The van der Waals surface area contributed by atoms with Gasteiger partial charge in [0.2, 0.25) is 5.95 Å². The minimum absolute atomic E-state index is 0.0718. The molecule has 90 valence electrons. The van der Waals surface area contributed by atoms with E-state index < -0.39 is 9.84 Å². The molecule has 0 amide bonds. The van der Waals surface area contributed by atoms with Crippen molar-refractivity contribution in [2.75, 3.05) is 16.8 Å². The Kier molecular flexibility index (Phi) is 2.29. The van der Waals surface area contributed by atoms with E-state index in [4.69, 9.17) is 0 Å². The van der Waals surface area contributed by atoms with Crippen LogP contribution in [0.1, 0.15) is 6.42 Å². The lowest BCUT2D eigenvalue weighted by Crippen LogP contribution is -2.21. The first-order valence-electron chi connectivity index (χ1n) is 5.41. The maximum absolute atomic E-state index is 11.3. The van der Waals surface area contributed by atoms with Gasteiger partial charge in [-0.3, -0.25) is 0 Å². The highest BCUT2D eigenvalue weighted by Crippen LogP contribution is 2.15. The van der Waals surface area contributed by atoms with Crippen LogP contribution in [0.4, 0.5) is 5.95 Å². The Morgan fingerprint density at radius 2 is 2.29 bits per heavy atom. The molecule has 0 saturated carbocycles. The maximum Gasteiger partial charge on any atom is 0.243 e. The maximum atomic E-state index is 11.3. The molecule has 2 aromatic rings. The SMILES string of the molecule is O=S1(=O)CCC(Nc2nc3ccccn3n2)C1. The van der Waals surface area contributed by atoms with E-state index in [9.17, 15) is 8.42 Å². The normalized spacial score (nSPS) is 22.9. The number of hydrogen-bond acceptors (Lipinski definition) is 5. The molecule has 1 fully saturated rings. The minimum atomic E-state index is -2.87. The van der Waals surface area contributed by atoms with Crippen LogP contribution in [-0.2, 0) is 9.84 Å². The van der Waals surface area contributed by atoms with Crippen LogP contribution in [0.5, 0.6) is 0 Å². The smallest absolute Gasteiger partial charge is 0.243 e. The van der Waals surface area contributed by atoms with Crippen LogP contribution >= 0.6 is 0 Å². The van der Waals surface area contributed by atoms with Crippen molar-refractivity contribution in [3.8, 4) is 0 Å². The van der Waals surface area contributed by atoms with Gasteiger partial charge in [-0.1, -0.05) is 6.07 Å². The first-order chi connectivity index (χ1) is 8.12. The number of aromatic nitrogens is 3. The number of anilines is 1. The molecule has 0 spiro atoms. The molecule has 3 rings (SSSR count). The molecule has 1 atom stereocenters. The molecule has 2 aromatic heterocycles. The molecule has 0 aromatic carbocycles. The number of nitrogens with one attached hydrogen (secondary N) is 1. The van der Waals surface area contributed by atoms with E-state index in [1.54, 1.807) is 10.7 Å². The van der Waals surface area contributed by atoms with Crippen LogP contribution in [0.15, 0.2) is 24.4 Å². The Morgan fingerprint density at radius 3 is 3.00 bits per heavy atom. The number of pyridine rings is 1. The molecule has 17 heavy (non-hydrogen) atoms. The van der Waals surface area contributed by atoms with Gasteiger partial charge in [0.05, 0.1) is 11.5 Å². The third-order valence-electron chi connectivity index (χ3n) is 2.81. The number of rotatable bonds is 2. The number of nitrogens with zero attached hydrogens (tertiary/aromatic N) is 3. The Hall–Kier alpha value is -1.63. The van der Waals surface area contributed by atoms with Gasteiger partial charge in [0, 0.05) is 12.2 Å². The summed E-state index contributed by atoms with van der Waals surface area (Å²) in [7, 11) is -2.87. The second-order valence-electron chi connectivity index (χ2n) is 4.18. The Morgan fingerprint density at radius 1 is 1.41 bits per heavy atom. The number of hydrogen-bond donors (Lipinski definition) is 1. The van der Waals surface area contributed by atoms with Crippen LogP contribution in [0, 0.1) is 0 Å². The van der Waals surface area contributed by atoms with Crippen molar-refractivity contribution in [3.63, 3.8) is 0 Å². The summed E-state index contributed by atoms with van der Waals surface area (Å²) in [6.07, 6.45) is 2.43. The van der Waals surface area contributed by atoms with Gasteiger partial charge in [-0.15, -0.1) is 5.10 Å². The lowest BCUT2D eigenvalue weighted by molar-refractivity contribution is 0.602. The van der Waals surface area contributed by atoms with Gasteiger partial charge in [0.15, 0.2) is 15.5 Å². The Balaban J connectivity index is 1.81. The molecule has 7 heteroatoms. The zero-order chi connectivity index (χ0) is 11.9. The molecular formula is C10H12N4O2S. The van der Waals surface area contributed by atoms with Crippen molar-refractivity contribution in [1.29, 1.82) is 0 Å². The fourth-order valence-electron chi connectivity index (χ4n) is 1.98. The zero-order valence-corrected chi connectivity index (χ0v) is 9.89. The van der Waals surface area contributed by atoms with E-state index >= 15 is 0 Å². The summed E-state index contributed by atoms with van der Waals surface area (Å²) in [6, 6.07) is 5.53. The van der Waals surface area contributed by atoms with Gasteiger partial charge in [-0.25, -0.2) is 12.9 Å². The van der Waals surface area contributed by atoms with Crippen LogP contribution in [0.2, 0.25) is 0 Å². The summed E-state index contributed by atoms with van der Waals surface area (Å²) in [6.45, 7) is 0. The molecular weight excluding hydrogens is 240 g/mol. The van der Waals surface area contributed by atoms with E-state index in [-0.39, 0.29) is 17.5 Å². The number of sulfone groups is 1. The van der Waals surface area contributed by atoms with Gasteiger partial charge in [0.1, 0.15) is 0 Å². The standard InChI is InChI=1S/C10H12N4O2S/c15-17(16)6-4-8(7-17)11-10-12-9-3-1-2-5-14(9)13-10/h1-3,5,8H,4,6-7H2,(H,11,13). The van der Waals surface area contributed by atoms with E-state index in [1.807, 2.05) is 18.2 Å². The van der Waals surface area contributed by atoms with Crippen molar-refractivity contribution in [2.45, 2.75) is 12.5 Å². The number of fused-ring (bicyclic) bond motifs is 1. The monoisotopic (exact) mass is 252 g/mol. The predicted molar refractivity (Wildman–Crippen MR) is 63.7 cm³/mol. The van der Waals surface area contributed by atoms with Crippen LogP contribution in [0.25, 0.3) is 5.65 Å². The molecule has 1 aliphatic rings. The van der Waals surface area contributed by atoms with Crippen LogP contribution in [0.3, 0.4) is 0 Å². The highest BCUT2D eigenvalue weighted by atomic mass is 32.2. The fraction of sp³-hybridized carbons (Fsp3) is 0.400. The highest BCUT2D eigenvalue weighted by Gasteiger charge is 2.28. The van der Waals surface area contributed by atoms with Gasteiger partial charge in [-0.05, 0) is 18.6 Å². The van der Waals surface area contributed by atoms with Crippen molar-refractivity contribution in [2.24, 2.45) is 0 Å². The molecule has 0 aliphatic carbocycles. The highest BCUT2D eigenvalue weighted by molar-refractivity contribution is 7.91. The summed E-state index contributed by atoms with van der Waals surface area (Å²) in [5, 5.41) is 7.29. The summed E-state index contributed by atoms with van der Waals surface area (Å²) < 4.78 is 24.3. The molecule has 0 radical (unpaired) electrons. The fourth-order valence-corrected chi connectivity index (χ4v) is 3.66. The summed E-state index contributed by atoms with van der Waals surface area (Å²) >= 11 is 0. The second kappa shape index (κ2) is 3.69. The van der Waals surface area contributed by atoms with Gasteiger partial charge in [0.25, 0.3) is 0 Å². The average Bonchev–Trinajstić information content (AvgIpc) is 2.81. The van der Waals surface area contributed by atoms with E-state index in [2.05, 4.69) is 15.4 Å². The lowest BCUT2D eigenvalue weighted by atomic mass is 10.3. The lowest BCUT2D eigenvalue weighted by Gasteiger charge is -2.06. The molecule has 6 nitrogen and oxygen atoms in total. The van der Waals surface area contributed by atoms with Gasteiger partial charge in [-0.2, -0.15) is 4.98 Å². The first-order valence-corrected chi connectivity index (χ1v) is 7.23. The van der Waals surface area contributed by atoms with E-state index in [1.165, 1.54) is 0 Å². The summed E-state index contributed by atoms with van der Waals surface area (Å²) in [5.74, 6) is 0.902. The third kappa shape index (κ3) is 2.10. The van der Waals surface area contributed by atoms with Crippen molar-refractivity contribution < 1.29 is 8.42 Å². The van der Waals surface area contributed by atoms with Crippen LogP contribution < -0.4 is 5.32 Å². The molecule has 3 heterocycles. The van der Waals surface area contributed by atoms with Crippen molar-refractivity contribution in [3.05, 3.63) is 24.4 Å². The molecule has 1 unspecified atom stereocenters. The zero-order valence-electron chi connectivity index (χ0n) is 9.07. The van der Waals surface area contributed by atoms with E-state index in [0.29, 0.717) is 12.4 Å². The largest absolute Gasteiger partial charge is 0.349 e. The quantitative estimate of drug-likeness (QED) is 0.833. The topological polar surface area (TPSA) is 76.4 Å². The first kappa shape index (κ1) is 10.5. The Labute approximate surface area is 98.6 Å². The van der Waals surface area contributed by atoms with Gasteiger partial charge < -0.3 is 5.32 Å². The molecule has 1 aliphatic heterocycles. The minimum Gasteiger partial charge on any atom is -0.349 e. The predicted octanol–water partition coefficient (Wildman–Crippen LogP) is 0.328. The third-order valence-corrected chi connectivity index (χ3v) is 4.57. The van der Waals surface area contributed by atoms with E-state index in [0.717, 1.165) is 5.65 Å². The second-order valence-corrected chi connectivity index (χ2v) is 6.41. The summed E-state index contributed by atoms with van der Waals surface area (Å²) in [5.41, 5.74) is 0.746. The van der Waals surface area contributed by atoms with Crippen molar-refractivity contribution >= 4 is 21.4 Å². The average molecular weight is 252 g/mol. The van der Waals surface area contributed by atoms with Gasteiger partial charge >= 0.3 is 0 Å². The summed E-state index contributed by atoms with van der Waals surface area (Å²) in [4.78, 5) is 4.27. The molecule has 1 N–H and O–H groups in total.